The average molecular weight is 543 g/mol. The Kier molecular flexibility index (Phi) is 5.81. The van der Waals surface area contributed by atoms with E-state index in [4.69, 9.17) is 5.10 Å². The predicted molar refractivity (Wildman–Crippen MR) is 150 cm³/mol. The van der Waals surface area contributed by atoms with Crippen molar-refractivity contribution < 1.29 is 14.7 Å². The van der Waals surface area contributed by atoms with Crippen molar-refractivity contribution in [2.24, 2.45) is 0 Å². The number of carboxylic acids is 1. The number of aliphatic carboxylic acids is 1. The molecule has 11 heteroatoms. The molecule has 0 saturated carbocycles. The summed E-state index contributed by atoms with van der Waals surface area (Å²) in [6, 6.07) is 26.2. The van der Waals surface area contributed by atoms with E-state index >= 15 is 0 Å². The second-order valence-electron chi connectivity index (χ2n) is 9.57. The first-order valence-electron chi connectivity index (χ1n) is 13.0. The van der Waals surface area contributed by atoms with Crippen LogP contribution >= 0.6 is 0 Å². The molecule has 1 amide bonds. The Morgan fingerprint density at radius 2 is 1.54 bits per heavy atom. The number of rotatable bonds is 6. The maximum Gasteiger partial charge on any atom is 0.323 e. The van der Waals surface area contributed by atoms with Crippen LogP contribution in [0.3, 0.4) is 0 Å². The highest BCUT2D eigenvalue weighted by Crippen LogP contribution is 2.38. The van der Waals surface area contributed by atoms with Crippen molar-refractivity contribution in [3.05, 3.63) is 109 Å². The number of para-hydroxylation sites is 3. The van der Waals surface area contributed by atoms with Gasteiger partial charge in [0.15, 0.2) is 11.6 Å². The van der Waals surface area contributed by atoms with E-state index in [0.717, 1.165) is 16.5 Å². The smallest absolute Gasteiger partial charge is 0.323 e. The fraction of sp³-hybridized carbons (Fsp3) is 0.100. The van der Waals surface area contributed by atoms with E-state index in [1.54, 1.807) is 35.3 Å². The SMILES string of the molecule is O=C(O)CN1C(=O)C(Cc2nn(-c3ncccn3)c3ccccc23)c2nnc(-c3ccccc3)n2-c2ccccc21. The van der Waals surface area contributed by atoms with Crippen LogP contribution in [0.1, 0.15) is 17.4 Å². The van der Waals surface area contributed by atoms with Crippen LogP contribution in [0.15, 0.2) is 97.3 Å². The highest BCUT2D eigenvalue weighted by Gasteiger charge is 2.39. The van der Waals surface area contributed by atoms with Crippen LogP contribution in [0.2, 0.25) is 0 Å². The van der Waals surface area contributed by atoms with Gasteiger partial charge in [-0.05, 0) is 24.3 Å². The van der Waals surface area contributed by atoms with Crippen LogP contribution in [0.25, 0.3) is 33.9 Å². The summed E-state index contributed by atoms with van der Waals surface area (Å²) >= 11 is 0. The summed E-state index contributed by atoms with van der Waals surface area (Å²) in [5, 5.41) is 24.5. The minimum absolute atomic E-state index is 0.149. The molecule has 0 aliphatic carbocycles. The van der Waals surface area contributed by atoms with Gasteiger partial charge in [-0.2, -0.15) is 9.78 Å². The zero-order chi connectivity index (χ0) is 27.9. The largest absolute Gasteiger partial charge is 0.480 e. The number of nitrogens with zero attached hydrogens (tertiary/aromatic N) is 8. The minimum atomic E-state index is -1.12. The Balaban J connectivity index is 1.44. The molecule has 3 aromatic carbocycles. The van der Waals surface area contributed by atoms with Gasteiger partial charge in [0.1, 0.15) is 12.5 Å². The number of carbonyl (C=O) groups is 2. The van der Waals surface area contributed by atoms with Crippen molar-refractivity contribution in [1.82, 2.24) is 34.5 Å². The van der Waals surface area contributed by atoms with E-state index in [0.29, 0.717) is 34.7 Å². The molecule has 1 unspecified atom stereocenters. The highest BCUT2D eigenvalue weighted by atomic mass is 16.4. The standard InChI is InChI=1S/C30H22N8O3/c39-26(40)18-36-24-13-6-7-14-25(24)37-27(19-9-2-1-3-10-19)33-34-28(37)21(29(36)41)17-22-20-11-4-5-12-23(20)38(35-22)30-31-15-8-16-32-30/h1-16,21H,17-18H2,(H,39,40). The van der Waals surface area contributed by atoms with Crippen LogP contribution in [-0.4, -0.2) is 58.0 Å². The summed E-state index contributed by atoms with van der Waals surface area (Å²) in [6.45, 7) is -0.502. The topological polar surface area (TPSA) is 132 Å². The van der Waals surface area contributed by atoms with Crippen LogP contribution in [0.5, 0.6) is 0 Å². The predicted octanol–water partition coefficient (Wildman–Crippen LogP) is 3.82. The van der Waals surface area contributed by atoms with E-state index in [9.17, 15) is 14.7 Å². The van der Waals surface area contributed by atoms with E-state index in [-0.39, 0.29) is 6.42 Å². The first-order valence-corrected chi connectivity index (χ1v) is 13.0. The molecule has 6 aromatic rings. The fourth-order valence-electron chi connectivity index (χ4n) is 5.34. The zero-order valence-electron chi connectivity index (χ0n) is 21.6. The Hall–Kier alpha value is -5.71. The third-order valence-corrected chi connectivity index (χ3v) is 7.11. The molecule has 0 radical (unpaired) electrons. The quantitative estimate of drug-likeness (QED) is 0.336. The lowest BCUT2D eigenvalue weighted by atomic mass is 9.98. The summed E-state index contributed by atoms with van der Waals surface area (Å²) in [4.78, 5) is 36.3. The van der Waals surface area contributed by atoms with Crippen LogP contribution in [0.4, 0.5) is 5.69 Å². The molecule has 7 rings (SSSR count). The number of amides is 1. The number of aromatic nitrogens is 7. The summed E-state index contributed by atoms with van der Waals surface area (Å²) in [5.74, 6) is -1.05. The number of hydrogen-bond donors (Lipinski definition) is 1. The molecular formula is C30H22N8O3. The first kappa shape index (κ1) is 24.3. The highest BCUT2D eigenvalue weighted by molar-refractivity contribution is 6.04. The Labute approximate surface area is 233 Å². The summed E-state index contributed by atoms with van der Waals surface area (Å²) in [6.07, 6.45) is 3.43. The molecule has 11 nitrogen and oxygen atoms in total. The van der Waals surface area contributed by atoms with Gasteiger partial charge in [0.25, 0.3) is 5.95 Å². The van der Waals surface area contributed by atoms with Crippen molar-refractivity contribution in [2.75, 3.05) is 11.4 Å². The molecule has 1 aliphatic rings. The Bertz CT molecular complexity index is 1920. The van der Waals surface area contributed by atoms with Gasteiger partial charge < -0.3 is 5.11 Å². The van der Waals surface area contributed by atoms with Gasteiger partial charge in [-0.15, -0.1) is 10.2 Å². The van der Waals surface area contributed by atoms with Crippen molar-refractivity contribution in [3.63, 3.8) is 0 Å². The van der Waals surface area contributed by atoms with Gasteiger partial charge in [0, 0.05) is 29.8 Å². The van der Waals surface area contributed by atoms with Crippen molar-refractivity contribution >= 4 is 28.5 Å². The number of hydrogen-bond acceptors (Lipinski definition) is 7. The number of fused-ring (bicyclic) bond motifs is 4. The molecule has 4 heterocycles. The molecule has 41 heavy (non-hydrogen) atoms. The van der Waals surface area contributed by atoms with Crippen molar-refractivity contribution in [2.45, 2.75) is 12.3 Å². The van der Waals surface area contributed by atoms with Crippen LogP contribution in [0, 0.1) is 0 Å². The van der Waals surface area contributed by atoms with E-state index in [1.807, 2.05) is 71.3 Å². The fourth-order valence-corrected chi connectivity index (χ4v) is 5.34. The van der Waals surface area contributed by atoms with Gasteiger partial charge in [0.2, 0.25) is 5.91 Å². The van der Waals surface area contributed by atoms with E-state index in [2.05, 4.69) is 20.2 Å². The molecule has 0 saturated heterocycles. The maximum absolute atomic E-state index is 14.3. The van der Waals surface area contributed by atoms with E-state index in [1.165, 1.54) is 4.90 Å². The molecule has 1 atom stereocenters. The molecule has 0 spiro atoms. The van der Waals surface area contributed by atoms with Gasteiger partial charge in [-0.1, -0.05) is 60.7 Å². The monoisotopic (exact) mass is 542 g/mol. The molecule has 0 bridgehead atoms. The lowest BCUT2D eigenvalue weighted by molar-refractivity contribution is -0.136. The number of anilines is 1. The third kappa shape index (κ3) is 4.11. The molecule has 200 valence electrons. The summed E-state index contributed by atoms with van der Waals surface area (Å²) in [5.41, 5.74) is 3.32. The summed E-state index contributed by atoms with van der Waals surface area (Å²) in [7, 11) is 0. The molecular weight excluding hydrogens is 520 g/mol. The maximum atomic E-state index is 14.3. The third-order valence-electron chi connectivity index (χ3n) is 7.11. The molecule has 1 N–H and O–H groups in total. The Morgan fingerprint density at radius 1 is 0.829 bits per heavy atom. The molecule has 0 fully saturated rings. The second kappa shape index (κ2) is 9.79. The van der Waals surface area contributed by atoms with Gasteiger partial charge in [0.05, 0.1) is 22.6 Å². The Morgan fingerprint density at radius 3 is 2.32 bits per heavy atom. The van der Waals surface area contributed by atoms with Crippen molar-refractivity contribution in [1.29, 1.82) is 0 Å². The average Bonchev–Trinajstić information content (AvgIpc) is 3.59. The van der Waals surface area contributed by atoms with Crippen LogP contribution < -0.4 is 4.90 Å². The van der Waals surface area contributed by atoms with Gasteiger partial charge in [-0.3, -0.25) is 19.1 Å². The minimum Gasteiger partial charge on any atom is -0.480 e. The number of carboxylic acid groups (broad SMARTS) is 1. The molecule has 1 aliphatic heterocycles. The summed E-state index contributed by atoms with van der Waals surface area (Å²) < 4.78 is 3.50. The lowest BCUT2D eigenvalue weighted by Crippen LogP contribution is -2.39. The van der Waals surface area contributed by atoms with Gasteiger partial charge >= 0.3 is 5.97 Å². The normalized spacial score (nSPS) is 14.5. The number of benzene rings is 3. The zero-order valence-corrected chi connectivity index (χ0v) is 21.6. The van der Waals surface area contributed by atoms with E-state index < -0.39 is 24.3 Å². The second-order valence-corrected chi connectivity index (χ2v) is 9.57. The molecule has 3 aromatic heterocycles. The van der Waals surface area contributed by atoms with Crippen molar-refractivity contribution in [3.8, 4) is 23.0 Å². The lowest BCUT2D eigenvalue weighted by Gasteiger charge is -2.23. The van der Waals surface area contributed by atoms with Crippen LogP contribution in [-0.2, 0) is 16.0 Å². The number of carbonyl (C=O) groups excluding carboxylic acids is 1. The van der Waals surface area contributed by atoms with Gasteiger partial charge in [-0.25, -0.2) is 9.97 Å². The first-order chi connectivity index (χ1) is 20.1.